The summed E-state index contributed by atoms with van der Waals surface area (Å²) in [5, 5.41) is 0. The van der Waals surface area contributed by atoms with Crippen molar-refractivity contribution in [2.75, 3.05) is 31.8 Å². The van der Waals surface area contributed by atoms with E-state index in [9.17, 15) is 8.42 Å². The molecule has 0 aromatic heterocycles. The molecule has 1 aromatic rings. The highest BCUT2D eigenvalue weighted by Crippen LogP contribution is 2.11. The van der Waals surface area contributed by atoms with Crippen LogP contribution in [0.3, 0.4) is 0 Å². The predicted octanol–water partition coefficient (Wildman–Crippen LogP) is 1.73. The van der Waals surface area contributed by atoms with Crippen molar-refractivity contribution < 1.29 is 8.42 Å². The smallest absolute Gasteiger partial charge is 0.224 e. The van der Waals surface area contributed by atoms with Crippen LogP contribution in [0.4, 0.5) is 0 Å². The molecular weight excluding hydrogens is 316 g/mol. The first-order chi connectivity index (χ1) is 8.45. The van der Waals surface area contributed by atoms with Crippen LogP contribution in [0.15, 0.2) is 30.3 Å². The molecule has 0 aliphatic carbocycles. The van der Waals surface area contributed by atoms with E-state index >= 15 is 0 Å². The third kappa shape index (κ3) is 5.06. The highest BCUT2D eigenvalue weighted by Gasteiger charge is 2.20. The van der Waals surface area contributed by atoms with Crippen molar-refractivity contribution >= 4 is 26.0 Å². The second-order valence-corrected chi connectivity index (χ2v) is 7.62. The van der Waals surface area contributed by atoms with Gasteiger partial charge >= 0.3 is 0 Å². The van der Waals surface area contributed by atoms with Crippen molar-refractivity contribution in [3.63, 3.8) is 0 Å². The van der Waals surface area contributed by atoms with Gasteiger partial charge in [0.2, 0.25) is 10.0 Å². The molecule has 1 rings (SSSR count). The van der Waals surface area contributed by atoms with Crippen LogP contribution in [0.25, 0.3) is 0 Å². The quantitative estimate of drug-likeness (QED) is 0.713. The number of sulfonamides is 1. The Balaban J connectivity index is 2.78. The number of rotatable bonds is 7. The van der Waals surface area contributed by atoms with Gasteiger partial charge in [0, 0.05) is 19.6 Å². The van der Waals surface area contributed by atoms with E-state index < -0.39 is 10.0 Å². The third-order valence-electron chi connectivity index (χ3n) is 2.53. The molecule has 0 unspecified atom stereocenters. The lowest BCUT2D eigenvalue weighted by Gasteiger charge is -2.22. The zero-order valence-electron chi connectivity index (χ0n) is 10.7. The highest BCUT2D eigenvalue weighted by atomic mass is 79.9. The Kier molecular flexibility index (Phi) is 6.28. The molecule has 0 saturated carbocycles. The largest absolute Gasteiger partial charge is 0.308 e. The maximum atomic E-state index is 12.0. The Morgan fingerprint density at radius 1 is 1.11 bits per heavy atom. The Bertz CT molecular complexity index is 448. The summed E-state index contributed by atoms with van der Waals surface area (Å²) in [5.41, 5.74) is 1.00. The number of likely N-dealkylation sites (N-methyl/N-ethyl adjacent to an activating group) is 1. The molecule has 18 heavy (non-hydrogen) atoms. The minimum Gasteiger partial charge on any atom is -0.308 e. The lowest BCUT2D eigenvalue weighted by molar-refractivity contribution is 0.330. The van der Waals surface area contributed by atoms with Crippen molar-refractivity contribution in [1.29, 1.82) is 0 Å². The van der Waals surface area contributed by atoms with Crippen LogP contribution in [-0.2, 0) is 16.6 Å². The van der Waals surface area contributed by atoms with Crippen LogP contribution in [0.5, 0.6) is 0 Å². The minimum atomic E-state index is -3.23. The minimum absolute atomic E-state index is 0.0414. The maximum Gasteiger partial charge on any atom is 0.224 e. The molecule has 102 valence electrons. The molecule has 6 heteroatoms. The van der Waals surface area contributed by atoms with E-state index in [2.05, 4.69) is 15.9 Å². The first kappa shape index (κ1) is 15.6. The lowest BCUT2D eigenvalue weighted by Crippen LogP contribution is -2.36. The van der Waals surface area contributed by atoms with Crippen LogP contribution in [0.1, 0.15) is 5.56 Å². The monoisotopic (exact) mass is 334 g/mol. The van der Waals surface area contributed by atoms with E-state index in [0.717, 1.165) is 5.56 Å². The number of hydrogen-bond acceptors (Lipinski definition) is 3. The van der Waals surface area contributed by atoms with Crippen molar-refractivity contribution in [2.45, 2.75) is 6.54 Å². The number of nitrogens with zero attached hydrogens (tertiary/aromatic N) is 2. The molecule has 0 spiro atoms. The van der Waals surface area contributed by atoms with Gasteiger partial charge in [-0.15, -0.1) is 0 Å². The van der Waals surface area contributed by atoms with Gasteiger partial charge < -0.3 is 4.90 Å². The zero-order chi connectivity index (χ0) is 13.6. The Morgan fingerprint density at radius 3 is 2.22 bits per heavy atom. The molecule has 1 aromatic carbocycles. The van der Waals surface area contributed by atoms with Gasteiger partial charge in [0.15, 0.2) is 0 Å². The average molecular weight is 335 g/mol. The maximum absolute atomic E-state index is 12.0. The normalized spacial score (nSPS) is 12.3. The zero-order valence-corrected chi connectivity index (χ0v) is 13.1. The van der Waals surface area contributed by atoms with Gasteiger partial charge in [-0.1, -0.05) is 46.3 Å². The van der Waals surface area contributed by atoms with Gasteiger partial charge in [0.1, 0.15) is 4.66 Å². The van der Waals surface area contributed by atoms with E-state index in [0.29, 0.717) is 19.6 Å². The fourth-order valence-corrected chi connectivity index (χ4v) is 3.20. The van der Waals surface area contributed by atoms with Crippen LogP contribution >= 0.6 is 15.9 Å². The van der Waals surface area contributed by atoms with Gasteiger partial charge in [-0.3, -0.25) is 0 Å². The molecule has 0 amide bonds. The number of alkyl halides is 1. The predicted molar refractivity (Wildman–Crippen MR) is 78.1 cm³/mol. The van der Waals surface area contributed by atoms with Crippen molar-refractivity contribution in [2.24, 2.45) is 0 Å². The molecule has 0 saturated heterocycles. The highest BCUT2D eigenvalue weighted by molar-refractivity contribution is 9.10. The summed E-state index contributed by atoms with van der Waals surface area (Å²) in [7, 11) is 0.633. The van der Waals surface area contributed by atoms with Crippen LogP contribution < -0.4 is 0 Å². The summed E-state index contributed by atoms with van der Waals surface area (Å²) >= 11 is 3.05. The number of halogens is 1. The summed E-state index contributed by atoms with van der Waals surface area (Å²) in [5.74, 6) is 0. The molecule has 0 N–H and O–H groups in total. The van der Waals surface area contributed by atoms with Crippen molar-refractivity contribution in [3.8, 4) is 0 Å². The Morgan fingerprint density at radius 2 is 1.72 bits per heavy atom. The van der Waals surface area contributed by atoms with Gasteiger partial charge in [0.25, 0.3) is 0 Å². The summed E-state index contributed by atoms with van der Waals surface area (Å²) < 4.78 is 25.4. The van der Waals surface area contributed by atoms with E-state index in [1.54, 1.807) is 0 Å². The van der Waals surface area contributed by atoms with E-state index in [4.69, 9.17) is 0 Å². The summed E-state index contributed by atoms with van der Waals surface area (Å²) in [6.07, 6.45) is 0. The van der Waals surface area contributed by atoms with E-state index in [1.165, 1.54) is 4.31 Å². The van der Waals surface area contributed by atoms with Crippen LogP contribution in [-0.4, -0.2) is 49.5 Å². The molecular formula is C12H19BrN2O2S. The molecule has 0 fully saturated rings. The second-order valence-electron chi connectivity index (χ2n) is 4.34. The SMILES string of the molecule is CN(C)CCN(Cc1ccccc1)S(=O)(=O)CBr. The summed E-state index contributed by atoms with van der Waals surface area (Å²) in [6.45, 7) is 1.62. The lowest BCUT2D eigenvalue weighted by atomic mass is 10.2. The topological polar surface area (TPSA) is 40.6 Å². The second kappa shape index (κ2) is 7.23. The van der Waals surface area contributed by atoms with Gasteiger partial charge in [-0.2, -0.15) is 4.31 Å². The van der Waals surface area contributed by atoms with Crippen molar-refractivity contribution in [1.82, 2.24) is 9.21 Å². The molecule has 0 aliphatic rings. The first-order valence-corrected chi connectivity index (χ1v) is 8.41. The molecule has 0 aliphatic heterocycles. The van der Waals surface area contributed by atoms with E-state index in [1.807, 2.05) is 49.3 Å². The van der Waals surface area contributed by atoms with Crippen LogP contribution in [0, 0.1) is 0 Å². The fraction of sp³-hybridized carbons (Fsp3) is 0.500. The van der Waals surface area contributed by atoms with Gasteiger partial charge in [0.05, 0.1) is 0 Å². The number of hydrogen-bond donors (Lipinski definition) is 0. The standard InChI is InChI=1S/C12H19BrN2O2S/c1-14(2)8-9-15(18(16,17)11-13)10-12-6-4-3-5-7-12/h3-7H,8-11H2,1-2H3. The van der Waals surface area contributed by atoms with Gasteiger partial charge in [-0.25, -0.2) is 8.42 Å². The molecule has 0 bridgehead atoms. The first-order valence-electron chi connectivity index (χ1n) is 5.68. The molecule has 0 radical (unpaired) electrons. The molecule has 0 atom stereocenters. The van der Waals surface area contributed by atoms with Crippen LogP contribution in [0.2, 0.25) is 0 Å². The van der Waals surface area contributed by atoms with Gasteiger partial charge in [-0.05, 0) is 19.7 Å². The average Bonchev–Trinajstić information content (AvgIpc) is 2.35. The fourth-order valence-electron chi connectivity index (χ4n) is 1.48. The molecule has 0 heterocycles. The summed E-state index contributed by atoms with van der Waals surface area (Å²) in [4.78, 5) is 1.97. The Labute approximate surface area is 118 Å². The Hall–Kier alpha value is -0.430. The third-order valence-corrected chi connectivity index (χ3v) is 5.64. The number of benzene rings is 1. The summed E-state index contributed by atoms with van der Waals surface area (Å²) in [6, 6.07) is 9.63. The molecule has 4 nitrogen and oxygen atoms in total. The van der Waals surface area contributed by atoms with Crippen molar-refractivity contribution in [3.05, 3.63) is 35.9 Å². The van der Waals surface area contributed by atoms with E-state index in [-0.39, 0.29) is 4.66 Å².